The maximum absolute atomic E-state index is 11.1. The fraction of sp³-hybridized carbons (Fsp3) is 0.750. The van der Waals surface area contributed by atoms with E-state index in [-0.39, 0.29) is 11.9 Å². The molecule has 0 aromatic carbocycles. The molecule has 4 bridgehead atoms. The first-order valence-corrected chi connectivity index (χ1v) is 9.11. The van der Waals surface area contributed by atoms with Crippen LogP contribution in [0, 0.1) is 29.1 Å². The first kappa shape index (κ1) is 15.8. The van der Waals surface area contributed by atoms with Crippen LogP contribution in [-0.4, -0.2) is 13.1 Å². The predicted octanol–water partition coefficient (Wildman–Crippen LogP) is 4.90. The van der Waals surface area contributed by atoms with E-state index in [9.17, 15) is 4.79 Å². The molecule has 0 heterocycles. The van der Waals surface area contributed by atoms with Gasteiger partial charge in [0.05, 0.1) is 13.0 Å². The molecule has 0 amide bonds. The highest BCUT2D eigenvalue weighted by atomic mass is 16.5. The van der Waals surface area contributed by atoms with E-state index in [4.69, 9.17) is 4.74 Å². The molecule has 122 valence electrons. The Morgan fingerprint density at radius 2 is 2.09 bits per heavy atom. The lowest BCUT2D eigenvalue weighted by Gasteiger charge is -2.22. The molecule has 0 radical (unpaired) electrons. The van der Waals surface area contributed by atoms with Crippen LogP contribution < -0.4 is 0 Å². The van der Waals surface area contributed by atoms with Crippen LogP contribution in [0.15, 0.2) is 24.3 Å². The van der Waals surface area contributed by atoms with Gasteiger partial charge >= 0.3 is 5.97 Å². The van der Waals surface area contributed by atoms with Crippen molar-refractivity contribution in [3.63, 3.8) is 0 Å². The molecule has 5 unspecified atom stereocenters. The second kappa shape index (κ2) is 6.60. The Hall–Kier alpha value is -1.05. The van der Waals surface area contributed by atoms with Gasteiger partial charge < -0.3 is 4.74 Å². The molecular weight excluding hydrogens is 272 g/mol. The third-order valence-electron chi connectivity index (χ3n) is 6.21. The largest absolute Gasteiger partial charge is 0.469 e. The van der Waals surface area contributed by atoms with E-state index in [1.807, 2.05) is 0 Å². The van der Waals surface area contributed by atoms with Crippen LogP contribution in [0.2, 0.25) is 0 Å². The normalized spacial score (nSPS) is 39.9. The molecule has 4 rings (SSSR count). The fourth-order valence-corrected chi connectivity index (χ4v) is 4.90. The Bertz CT molecular complexity index is 464. The first-order valence-electron chi connectivity index (χ1n) is 9.11. The number of hydrogen-bond acceptors (Lipinski definition) is 2. The molecule has 2 nitrogen and oxygen atoms in total. The zero-order chi connectivity index (χ0) is 15.6. The molecule has 0 N–H and O–H groups in total. The van der Waals surface area contributed by atoms with E-state index in [1.54, 1.807) is 0 Å². The van der Waals surface area contributed by atoms with Crippen LogP contribution in [0.25, 0.3) is 0 Å². The summed E-state index contributed by atoms with van der Waals surface area (Å²) in [5, 5.41) is 0. The molecule has 0 aliphatic heterocycles. The maximum atomic E-state index is 11.1. The number of carbonyl (C=O) groups excluding carboxylic acids is 1. The van der Waals surface area contributed by atoms with Crippen molar-refractivity contribution in [1.82, 2.24) is 0 Å². The highest BCUT2D eigenvalue weighted by Gasteiger charge is 2.40. The number of esters is 1. The van der Waals surface area contributed by atoms with Crippen LogP contribution in [0.1, 0.15) is 58.3 Å². The second-order valence-corrected chi connectivity index (χ2v) is 7.74. The van der Waals surface area contributed by atoms with E-state index in [0.29, 0.717) is 17.3 Å². The third kappa shape index (κ3) is 3.16. The van der Waals surface area contributed by atoms with E-state index in [1.165, 1.54) is 52.1 Å². The van der Waals surface area contributed by atoms with Gasteiger partial charge in [-0.3, -0.25) is 4.79 Å². The minimum atomic E-state index is -0.0261. The Morgan fingerprint density at radius 1 is 1.23 bits per heavy atom. The van der Waals surface area contributed by atoms with Gasteiger partial charge in [0.15, 0.2) is 0 Å². The zero-order valence-corrected chi connectivity index (χ0v) is 14.1. The van der Waals surface area contributed by atoms with Crippen molar-refractivity contribution in [3.05, 3.63) is 24.3 Å². The number of methoxy groups -OCH3 is 1. The SMILES string of the molecule is CCCCC12C=CC(CC1)C2.COC(=O)C1CC2C=CC1C2. The summed E-state index contributed by atoms with van der Waals surface area (Å²) in [5.74, 6) is 2.24. The molecule has 2 saturated carbocycles. The lowest BCUT2D eigenvalue weighted by atomic mass is 9.83. The van der Waals surface area contributed by atoms with E-state index < -0.39 is 0 Å². The number of unbranched alkanes of at least 4 members (excludes halogenated alkanes) is 1. The Balaban J connectivity index is 0.000000131. The molecular formula is C20H30O2. The van der Waals surface area contributed by atoms with E-state index in [0.717, 1.165) is 12.3 Å². The first-order chi connectivity index (χ1) is 10.7. The van der Waals surface area contributed by atoms with Crippen molar-refractivity contribution >= 4 is 5.97 Å². The quantitative estimate of drug-likeness (QED) is 0.545. The molecule has 4 aliphatic carbocycles. The van der Waals surface area contributed by atoms with Gasteiger partial charge in [0.1, 0.15) is 0 Å². The molecule has 0 spiro atoms. The summed E-state index contributed by atoms with van der Waals surface area (Å²) in [6, 6.07) is 0. The minimum absolute atomic E-state index is 0.0261. The van der Waals surface area contributed by atoms with Gasteiger partial charge in [-0.15, -0.1) is 0 Å². The van der Waals surface area contributed by atoms with Gasteiger partial charge in [0, 0.05) is 0 Å². The van der Waals surface area contributed by atoms with Crippen molar-refractivity contribution in [3.8, 4) is 0 Å². The number of hydrogen-bond donors (Lipinski definition) is 0. The van der Waals surface area contributed by atoms with Crippen molar-refractivity contribution < 1.29 is 9.53 Å². The Labute approximate surface area is 135 Å². The van der Waals surface area contributed by atoms with Gasteiger partial charge in [-0.1, -0.05) is 44.1 Å². The monoisotopic (exact) mass is 302 g/mol. The minimum Gasteiger partial charge on any atom is -0.469 e. The van der Waals surface area contributed by atoms with E-state index >= 15 is 0 Å². The summed E-state index contributed by atoms with van der Waals surface area (Å²) in [4.78, 5) is 11.1. The summed E-state index contributed by atoms with van der Waals surface area (Å²) >= 11 is 0. The molecule has 22 heavy (non-hydrogen) atoms. The second-order valence-electron chi connectivity index (χ2n) is 7.74. The average Bonchev–Trinajstić information content (AvgIpc) is 3.32. The van der Waals surface area contributed by atoms with Crippen molar-refractivity contribution in [2.45, 2.75) is 58.3 Å². The third-order valence-corrected chi connectivity index (χ3v) is 6.21. The molecule has 2 heteroatoms. The summed E-state index contributed by atoms with van der Waals surface area (Å²) in [7, 11) is 1.47. The summed E-state index contributed by atoms with van der Waals surface area (Å²) < 4.78 is 4.71. The van der Waals surface area contributed by atoms with Gasteiger partial charge in [-0.05, 0) is 61.7 Å². The number of carbonyl (C=O) groups is 1. The Morgan fingerprint density at radius 3 is 2.55 bits per heavy atom. The van der Waals surface area contributed by atoms with E-state index in [2.05, 4.69) is 31.2 Å². The summed E-state index contributed by atoms with van der Waals surface area (Å²) in [6.07, 6.45) is 20.2. The topological polar surface area (TPSA) is 26.3 Å². The van der Waals surface area contributed by atoms with Gasteiger partial charge in [0.2, 0.25) is 0 Å². The van der Waals surface area contributed by atoms with Gasteiger partial charge in [-0.2, -0.15) is 0 Å². The van der Waals surface area contributed by atoms with Crippen LogP contribution in [-0.2, 0) is 9.53 Å². The van der Waals surface area contributed by atoms with Crippen LogP contribution in [0.4, 0.5) is 0 Å². The number of fused-ring (bicyclic) bond motifs is 4. The summed E-state index contributed by atoms with van der Waals surface area (Å²) in [5.41, 5.74) is 0.681. The fourth-order valence-electron chi connectivity index (χ4n) is 4.90. The molecule has 0 aromatic rings. The Kier molecular flexibility index (Phi) is 4.75. The standard InChI is InChI=1S/C11H18.C9H12O2/c1-2-3-6-11-7-4-10(9-11)5-8-11;1-11-9(10)8-5-6-2-3-7(8)4-6/h4,7,10H,2-3,5-6,8-9H2,1H3;2-3,6-8H,4-5H2,1H3. The van der Waals surface area contributed by atoms with Gasteiger partial charge in [-0.25, -0.2) is 0 Å². The highest BCUT2D eigenvalue weighted by molar-refractivity contribution is 5.73. The molecule has 0 aromatic heterocycles. The van der Waals surface area contributed by atoms with Crippen LogP contribution in [0.5, 0.6) is 0 Å². The number of rotatable bonds is 4. The van der Waals surface area contributed by atoms with Gasteiger partial charge in [0.25, 0.3) is 0 Å². The average molecular weight is 302 g/mol. The maximum Gasteiger partial charge on any atom is 0.309 e. The van der Waals surface area contributed by atoms with Crippen LogP contribution in [0.3, 0.4) is 0 Å². The zero-order valence-electron chi connectivity index (χ0n) is 14.1. The number of allylic oxidation sites excluding steroid dienone is 4. The molecule has 2 fully saturated rings. The molecule has 0 saturated heterocycles. The van der Waals surface area contributed by atoms with Crippen LogP contribution >= 0.6 is 0 Å². The molecule has 4 aliphatic rings. The van der Waals surface area contributed by atoms with Crippen molar-refractivity contribution in [2.24, 2.45) is 29.1 Å². The molecule has 5 atom stereocenters. The smallest absolute Gasteiger partial charge is 0.309 e. The highest BCUT2D eigenvalue weighted by Crippen LogP contribution is 2.51. The number of ether oxygens (including phenoxy) is 1. The lowest BCUT2D eigenvalue weighted by molar-refractivity contribution is -0.146. The summed E-state index contributed by atoms with van der Waals surface area (Å²) in [6.45, 7) is 2.29. The van der Waals surface area contributed by atoms with Crippen molar-refractivity contribution in [1.29, 1.82) is 0 Å². The van der Waals surface area contributed by atoms with Crippen molar-refractivity contribution in [2.75, 3.05) is 7.11 Å². The predicted molar refractivity (Wildman–Crippen MR) is 89.3 cm³/mol. The lowest BCUT2D eigenvalue weighted by Crippen LogP contribution is -2.19.